The molecule has 1 saturated carbocycles. The molecule has 1 aliphatic carbocycles. The van der Waals surface area contributed by atoms with Crippen LogP contribution in [0, 0.1) is 6.92 Å². The largest absolute Gasteiger partial charge is 0.392 e. The van der Waals surface area contributed by atoms with E-state index in [2.05, 4.69) is 9.97 Å². The van der Waals surface area contributed by atoms with E-state index in [4.69, 9.17) is 5.73 Å². The number of nitrogens with zero attached hydrogens (tertiary/aromatic N) is 2. The minimum atomic E-state index is -0.361. The van der Waals surface area contributed by atoms with Gasteiger partial charge in [0.2, 0.25) is 0 Å². The molecule has 5 heteroatoms. The molecule has 0 aliphatic heterocycles. The van der Waals surface area contributed by atoms with Gasteiger partial charge in [-0.2, -0.15) is 0 Å². The fourth-order valence-corrected chi connectivity index (χ4v) is 2.42. The molecule has 0 spiro atoms. The second-order valence-corrected chi connectivity index (χ2v) is 6.10. The zero-order valence-corrected chi connectivity index (χ0v) is 11.3. The molecule has 1 aromatic heterocycles. The number of hydrogen-bond acceptors (Lipinski definition) is 5. The molecule has 0 saturated heterocycles. The van der Waals surface area contributed by atoms with Gasteiger partial charge in [-0.25, -0.2) is 9.97 Å². The van der Waals surface area contributed by atoms with Crippen molar-refractivity contribution in [1.82, 2.24) is 9.97 Å². The van der Waals surface area contributed by atoms with Crippen LogP contribution >= 0.6 is 11.8 Å². The normalized spacial score (nSPS) is 19.1. The van der Waals surface area contributed by atoms with Crippen LogP contribution < -0.4 is 5.73 Å². The van der Waals surface area contributed by atoms with Gasteiger partial charge in [0.15, 0.2) is 0 Å². The molecule has 2 unspecified atom stereocenters. The minimum Gasteiger partial charge on any atom is -0.392 e. The van der Waals surface area contributed by atoms with E-state index in [9.17, 15) is 5.11 Å². The Labute approximate surface area is 106 Å². The minimum absolute atomic E-state index is 0.107. The molecular formula is C12H19N3OS. The summed E-state index contributed by atoms with van der Waals surface area (Å²) in [5, 5.41) is 10.6. The van der Waals surface area contributed by atoms with E-state index >= 15 is 0 Å². The average molecular weight is 253 g/mol. The summed E-state index contributed by atoms with van der Waals surface area (Å²) >= 11 is 1.57. The molecule has 0 aromatic carbocycles. The van der Waals surface area contributed by atoms with Crippen LogP contribution in [-0.4, -0.2) is 26.4 Å². The predicted molar refractivity (Wildman–Crippen MR) is 70.2 cm³/mol. The molecule has 1 fully saturated rings. The smallest absolute Gasteiger partial charge is 0.135 e. The highest BCUT2D eigenvalue weighted by Crippen LogP contribution is 2.40. The monoisotopic (exact) mass is 253 g/mol. The van der Waals surface area contributed by atoms with Gasteiger partial charge in [0, 0.05) is 16.7 Å². The Balaban J connectivity index is 2.25. The van der Waals surface area contributed by atoms with E-state index in [0.29, 0.717) is 11.7 Å². The van der Waals surface area contributed by atoms with Gasteiger partial charge in [0.1, 0.15) is 16.7 Å². The van der Waals surface area contributed by atoms with E-state index < -0.39 is 0 Å². The third-order valence-electron chi connectivity index (χ3n) is 3.08. The molecule has 2 rings (SSSR count). The summed E-state index contributed by atoms with van der Waals surface area (Å²) in [5.74, 6) is 1.94. The molecule has 1 aromatic rings. The Bertz CT molecular complexity index is 418. The summed E-state index contributed by atoms with van der Waals surface area (Å²) in [7, 11) is 0. The zero-order chi connectivity index (χ0) is 12.6. The van der Waals surface area contributed by atoms with E-state index in [-0.39, 0.29) is 11.4 Å². The first-order chi connectivity index (χ1) is 7.99. The molecule has 94 valence electrons. The van der Waals surface area contributed by atoms with Crippen molar-refractivity contribution in [3.63, 3.8) is 0 Å². The average Bonchev–Trinajstić information content (AvgIpc) is 3.07. The SMILES string of the molecule is Cc1c(N)nc(C2CC2)nc1SC(C)C(C)O. The van der Waals surface area contributed by atoms with Crippen molar-refractivity contribution in [2.45, 2.75) is 55.9 Å². The first-order valence-corrected chi connectivity index (χ1v) is 6.85. The van der Waals surface area contributed by atoms with Gasteiger partial charge < -0.3 is 10.8 Å². The predicted octanol–water partition coefficient (Wildman–Crippen LogP) is 2.11. The fourth-order valence-electron chi connectivity index (χ4n) is 1.44. The number of nitrogen functional groups attached to an aromatic ring is 1. The topological polar surface area (TPSA) is 72.0 Å². The third kappa shape index (κ3) is 2.90. The van der Waals surface area contributed by atoms with Crippen LogP contribution in [0.5, 0.6) is 0 Å². The third-order valence-corrected chi connectivity index (χ3v) is 4.46. The summed E-state index contributed by atoms with van der Waals surface area (Å²) in [6, 6.07) is 0. The summed E-state index contributed by atoms with van der Waals surface area (Å²) in [6.07, 6.45) is 1.97. The van der Waals surface area contributed by atoms with Crippen LogP contribution in [0.3, 0.4) is 0 Å². The molecule has 4 nitrogen and oxygen atoms in total. The van der Waals surface area contributed by atoms with Gasteiger partial charge in [0.05, 0.1) is 6.10 Å². The number of hydrogen-bond donors (Lipinski definition) is 2. The van der Waals surface area contributed by atoms with E-state index in [0.717, 1.165) is 16.4 Å². The molecule has 17 heavy (non-hydrogen) atoms. The van der Waals surface area contributed by atoms with Crippen molar-refractivity contribution in [3.8, 4) is 0 Å². The van der Waals surface area contributed by atoms with Crippen LogP contribution in [0.4, 0.5) is 5.82 Å². The summed E-state index contributed by atoms with van der Waals surface area (Å²) < 4.78 is 0. The molecule has 1 heterocycles. The number of nitrogens with two attached hydrogens (primary N) is 1. The summed E-state index contributed by atoms with van der Waals surface area (Å²) in [4.78, 5) is 8.92. The molecule has 1 aliphatic rings. The number of aliphatic hydroxyl groups excluding tert-OH is 1. The maximum absolute atomic E-state index is 9.54. The Morgan fingerprint density at radius 2 is 2.00 bits per heavy atom. The lowest BCUT2D eigenvalue weighted by atomic mass is 10.3. The maximum atomic E-state index is 9.54. The Morgan fingerprint density at radius 1 is 1.35 bits per heavy atom. The maximum Gasteiger partial charge on any atom is 0.135 e. The Kier molecular flexibility index (Phi) is 3.58. The number of anilines is 1. The Hall–Kier alpha value is -0.810. The van der Waals surface area contributed by atoms with Crippen LogP contribution in [0.1, 0.15) is 44.0 Å². The van der Waals surface area contributed by atoms with E-state index in [1.807, 2.05) is 13.8 Å². The van der Waals surface area contributed by atoms with Crippen molar-refractivity contribution in [2.24, 2.45) is 0 Å². The molecular weight excluding hydrogens is 234 g/mol. The van der Waals surface area contributed by atoms with Crippen LogP contribution in [0.2, 0.25) is 0 Å². The van der Waals surface area contributed by atoms with Gasteiger partial charge in [-0.05, 0) is 26.7 Å². The van der Waals surface area contributed by atoms with Crippen molar-refractivity contribution in [2.75, 3.05) is 5.73 Å². The Morgan fingerprint density at radius 3 is 2.53 bits per heavy atom. The van der Waals surface area contributed by atoms with Crippen LogP contribution in [0.15, 0.2) is 5.03 Å². The number of aliphatic hydroxyl groups is 1. The van der Waals surface area contributed by atoms with Crippen molar-refractivity contribution >= 4 is 17.6 Å². The second-order valence-electron chi connectivity index (χ2n) is 4.74. The summed E-state index contributed by atoms with van der Waals surface area (Å²) in [5.41, 5.74) is 6.83. The molecule has 0 amide bonds. The van der Waals surface area contributed by atoms with Gasteiger partial charge in [-0.15, -0.1) is 11.8 Å². The van der Waals surface area contributed by atoms with Crippen molar-refractivity contribution in [1.29, 1.82) is 0 Å². The lowest BCUT2D eigenvalue weighted by Gasteiger charge is -2.16. The highest BCUT2D eigenvalue weighted by molar-refractivity contribution is 7.99. The molecule has 0 radical (unpaired) electrons. The van der Waals surface area contributed by atoms with Gasteiger partial charge in [0.25, 0.3) is 0 Å². The van der Waals surface area contributed by atoms with E-state index in [1.165, 1.54) is 12.8 Å². The lowest BCUT2D eigenvalue weighted by Crippen LogP contribution is -2.16. The van der Waals surface area contributed by atoms with Gasteiger partial charge >= 0.3 is 0 Å². The molecule has 3 N–H and O–H groups in total. The lowest BCUT2D eigenvalue weighted by molar-refractivity contribution is 0.196. The number of aromatic nitrogens is 2. The molecule has 0 bridgehead atoms. The van der Waals surface area contributed by atoms with Crippen molar-refractivity contribution in [3.05, 3.63) is 11.4 Å². The number of rotatable bonds is 4. The standard InChI is InChI=1S/C12H19N3OS/c1-6-10(13)14-11(9-4-5-9)15-12(6)17-8(3)7(2)16/h7-9,16H,4-5H2,1-3H3,(H2,13,14,15). The molecule has 2 atom stereocenters. The highest BCUT2D eigenvalue weighted by atomic mass is 32.2. The fraction of sp³-hybridized carbons (Fsp3) is 0.667. The first kappa shape index (κ1) is 12.6. The van der Waals surface area contributed by atoms with Gasteiger partial charge in [-0.3, -0.25) is 0 Å². The number of thioether (sulfide) groups is 1. The second kappa shape index (κ2) is 4.82. The van der Waals surface area contributed by atoms with Crippen LogP contribution in [0.25, 0.3) is 0 Å². The van der Waals surface area contributed by atoms with E-state index in [1.54, 1.807) is 18.7 Å². The summed E-state index contributed by atoms with van der Waals surface area (Å²) in [6.45, 7) is 5.71. The highest BCUT2D eigenvalue weighted by Gasteiger charge is 2.28. The quantitative estimate of drug-likeness (QED) is 0.635. The van der Waals surface area contributed by atoms with Crippen molar-refractivity contribution < 1.29 is 5.11 Å². The first-order valence-electron chi connectivity index (χ1n) is 5.97. The zero-order valence-electron chi connectivity index (χ0n) is 10.5. The van der Waals surface area contributed by atoms with Crippen LogP contribution in [-0.2, 0) is 0 Å². The van der Waals surface area contributed by atoms with Gasteiger partial charge in [-0.1, -0.05) is 6.92 Å².